The third kappa shape index (κ3) is 5.79. The molecule has 0 fully saturated rings. The second-order valence-corrected chi connectivity index (χ2v) is 14.4. The van der Waals surface area contributed by atoms with Gasteiger partial charge < -0.3 is 10.3 Å². The van der Waals surface area contributed by atoms with Crippen LogP contribution in [-0.4, -0.2) is 17.0 Å². The minimum atomic E-state index is -0.590. The normalized spacial score (nSPS) is 24.6. The van der Waals surface area contributed by atoms with Crippen LogP contribution < -0.4 is 4.98 Å². The maximum Gasteiger partial charge on any atom is 2.00 e. The predicted octanol–water partition coefficient (Wildman–Crippen LogP) is 11.2. The Hall–Kier alpha value is -4.18. The number of rotatable bonds is 5. The molecule has 5 heterocycles. The molecular formula is C45H48CuN4. The van der Waals surface area contributed by atoms with E-state index in [1.165, 1.54) is 66.8 Å². The molecule has 3 aromatic rings. The fourth-order valence-electron chi connectivity index (χ4n) is 8.19. The van der Waals surface area contributed by atoms with Crippen LogP contribution in [0.1, 0.15) is 106 Å². The van der Waals surface area contributed by atoms with Crippen molar-refractivity contribution >= 4 is 23.6 Å². The largest absolute Gasteiger partial charge is 2.00 e. The van der Waals surface area contributed by atoms with E-state index in [4.69, 9.17) is 20.3 Å². The van der Waals surface area contributed by atoms with Crippen LogP contribution in [0, 0.1) is 20.8 Å². The van der Waals surface area contributed by atoms with Crippen LogP contribution in [0.3, 0.4) is 0 Å². The minimum absolute atomic E-state index is 0. The molecule has 1 aromatic heterocycles. The van der Waals surface area contributed by atoms with Gasteiger partial charge in [0, 0.05) is 5.92 Å². The summed E-state index contributed by atoms with van der Waals surface area (Å²) >= 11 is 0. The van der Waals surface area contributed by atoms with E-state index >= 15 is 0 Å². The number of nitrogens with zero attached hydrogens (tertiary/aromatic N) is 4. The second-order valence-electron chi connectivity index (χ2n) is 14.4. The van der Waals surface area contributed by atoms with Gasteiger partial charge in [-0.25, -0.2) is 4.99 Å². The molecular weight excluding hydrogens is 660 g/mol. The molecule has 8 bridgehead atoms. The van der Waals surface area contributed by atoms with Crippen molar-refractivity contribution in [1.29, 1.82) is 0 Å². The predicted molar refractivity (Wildman–Crippen MR) is 207 cm³/mol. The summed E-state index contributed by atoms with van der Waals surface area (Å²) in [6.07, 6.45) is 9.24. The zero-order chi connectivity index (χ0) is 34.8. The molecule has 2 aromatic carbocycles. The van der Waals surface area contributed by atoms with E-state index in [0.717, 1.165) is 59.2 Å². The van der Waals surface area contributed by atoms with Crippen LogP contribution in [0.5, 0.6) is 0 Å². The molecule has 0 saturated carbocycles. The second kappa shape index (κ2) is 13.5. The number of fused-ring (bicyclic) bond motifs is 6. The molecule has 0 amide bonds. The Labute approximate surface area is 309 Å². The number of aliphatic imine (C=N–C) groups is 2. The molecule has 0 N–H and O–H groups in total. The van der Waals surface area contributed by atoms with E-state index in [1.54, 1.807) is 0 Å². The molecule has 5 heteroatoms. The molecule has 4 aliphatic heterocycles. The van der Waals surface area contributed by atoms with Crippen molar-refractivity contribution in [2.75, 3.05) is 0 Å². The van der Waals surface area contributed by atoms with Crippen molar-refractivity contribution in [2.45, 2.75) is 100.0 Å². The van der Waals surface area contributed by atoms with Gasteiger partial charge in [-0.3, -0.25) is 4.99 Å². The fourth-order valence-corrected chi connectivity index (χ4v) is 8.19. The van der Waals surface area contributed by atoms with Crippen molar-refractivity contribution in [2.24, 2.45) is 9.98 Å². The van der Waals surface area contributed by atoms with Gasteiger partial charge >= 0.3 is 17.1 Å². The zero-order valence-corrected chi connectivity index (χ0v) is 32.1. The summed E-state index contributed by atoms with van der Waals surface area (Å²) in [4.78, 5) is 16.1. The quantitative estimate of drug-likeness (QED) is 0.244. The Morgan fingerprint density at radius 1 is 0.660 bits per heavy atom. The monoisotopic (exact) mass is 707 g/mol. The van der Waals surface area contributed by atoms with Crippen molar-refractivity contribution in [1.82, 2.24) is 4.98 Å². The molecule has 2 atom stereocenters. The van der Waals surface area contributed by atoms with Crippen molar-refractivity contribution in [3.63, 3.8) is 0 Å². The smallest absolute Gasteiger partial charge is 0.674 e. The average Bonchev–Trinajstić information content (AvgIpc) is 3.72. The van der Waals surface area contributed by atoms with Crippen molar-refractivity contribution in [3.8, 4) is 0 Å². The fraction of sp³-hybridized carbons (Fsp3) is 0.333. The average molecular weight is 708 g/mol. The molecule has 50 heavy (non-hydrogen) atoms. The Morgan fingerprint density at radius 2 is 1.30 bits per heavy atom. The first-order valence-corrected chi connectivity index (χ1v) is 17.9. The van der Waals surface area contributed by atoms with Crippen LogP contribution in [-0.2, 0) is 29.9 Å². The summed E-state index contributed by atoms with van der Waals surface area (Å²) in [7, 11) is 0. The Balaban J connectivity index is 0.00000432. The summed E-state index contributed by atoms with van der Waals surface area (Å²) in [6, 6.07) is 18.0. The van der Waals surface area contributed by atoms with Gasteiger partial charge in [0.2, 0.25) is 0 Å². The van der Waals surface area contributed by atoms with Crippen LogP contribution in [0.15, 0.2) is 115 Å². The molecule has 0 spiro atoms. The van der Waals surface area contributed by atoms with E-state index in [2.05, 4.69) is 136 Å². The Kier molecular flexibility index (Phi) is 9.63. The van der Waals surface area contributed by atoms with Crippen LogP contribution >= 0.6 is 0 Å². The summed E-state index contributed by atoms with van der Waals surface area (Å²) in [6.45, 7) is 22.2. The molecule has 0 unspecified atom stereocenters. The van der Waals surface area contributed by atoms with Crippen LogP contribution in [0.25, 0.3) is 17.5 Å². The molecule has 0 aliphatic carbocycles. The van der Waals surface area contributed by atoms with Gasteiger partial charge in [0.1, 0.15) is 0 Å². The first-order chi connectivity index (χ1) is 23.4. The molecule has 259 valence electrons. The summed E-state index contributed by atoms with van der Waals surface area (Å²) in [5, 5.41) is 5.87. The van der Waals surface area contributed by atoms with E-state index in [0.29, 0.717) is 0 Å². The van der Waals surface area contributed by atoms with E-state index in [1.807, 2.05) is 0 Å². The third-order valence-corrected chi connectivity index (χ3v) is 11.5. The summed E-state index contributed by atoms with van der Waals surface area (Å²) < 4.78 is 0. The summed E-state index contributed by atoms with van der Waals surface area (Å²) in [5.41, 5.74) is 21.4. The van der Waals surface area contributed by atoms with Gasteiger partial charge in [0.15, 0.2) is 0 Å². The molecule has 7 rings (SSSR count). The van der Waals surface area contributed by atoms with Gasteiger partial charge in [-0.05, 0) is 108 Å². The molecule has 4 nitrogen and oxygen atoms in total. The minimum Gasteiger partial charge on any atom is -0.674 e. The number of hydrogen-bond acceptors (Lipinski definition) is 2. The van der Waals surface area contributed by atoms with Gasteiger partial charge in [-0.15, -0.1) is 17.1 Å². The zero-order valence-electron chi connectivity index (χ0n) is 31.1. The SMILES string of the molecule is CCC1=C(C)C2=NC/1=C\c1[n-]c(c(C)c1CC)/C=C1\N=C(C(C)=C1C)[C@@H](c1ccc(C)cc1)[C@]1(Cc3ccc(C)cc3)[N-]/C(=C\2)C(C)=C1C.[Cu+2]. The molecule has 1 radical (unpaired) electrons. The topological polar surface area (TPSA) is 52.9 Å². The van der Waals surface area contributed by atoms with E-state index < -0.39 is 5.54 Å². The number of aromatic nitrogens is 1. The first kappa shape index (κ1) is 35.6. The van der Waals surface area contributed by atoms with Gasteiger partial charge in [-0.2, -0.15) is 0 Å². The number of hydrogen-bond donors (Lipinski definition) is 0. The maximum absolute atomic E-state index is 5.87. The van der Waals surface area contributed by atoms with Crippen LogP contribution in [0.4, 0.5) is 0 Å². The first-order valence-electron chi connectivity index (χ1n) is 17.9. The molecule has 0 saturated heterocycles. The van der Waals surface area contributed by atoms with Crippen molar-refractivity contribution < 1.29 is 17.1 Å². The standard InChI is InChI=1S/C45H48N4.Cu/c1-11-35-30(8)38-21-37-27(5)28(6)44(48-37)43(34-19-15-26(4)16-20-34)45(24-33-17-13-25(3)14-18-33)32(10)29(7)40(49-45)22-39-31(9)36(12-2)42(47-39)23-41(35)46-38;/h13-23,43H,11-12,24H2,1-10H3;/q-2;+2/b37-21-,40-22-,42-23-;/t43-,45-;/m1./s1. The number of aryl methyl sites for hydroxylation is 2. The van der Waals surface area contributed by atoms with Gasteiger partial charge in [0.05, 0.1) is 22.8 Å². The van der Waals surface area contributed by atoms with E-state index in [9.17, 15) is 0 Å². The molecule has 4 aliphatic rings. The van der Waals surface area contributed by atoms with Gasteiger partial charge in [-0.1, -0.05) is 120 Å². The Bertz CT molecular complexity index is 2140. The number of benzene rings is 2. The van der Waals surface area contributed by atoms with E-state index in [-0.39, 0.29) is 23.0 Å². The van der Waals surface area contributed by atoms with Crippen molar-refractivity contribution in [3.05, 3.63) is 155 Å². The maximum atomic E-state index is 5.87. The summed E-state index contributed by atoms with van der Waals surface area (Å²) in [5.74, 6) is -0.108. The third-order valence-electron chi connectivity index (χ3n) is 11.5. The van der Waals surface area contributed by atoms with Crippen LogP contribution in [0.2, 0.25) is 0 Å². The number of allylic oxidation sites excluding steroid dienone is 6. The van der Waals surface area contributed by atoms with Gasteiger partial charge in [0.25, 0.3) is 0 Å². The Morgan fingerprint density at radius 3 is 1.94 bits per heavy atom.